The van der Waals surface area contributed by atoms with Crippen LogP contribution in [0.15, 0.2) is 54.6 Å². The molecule has 0 spiro atoms. The van der Waals surface area contributed by atoms with Gasteiger partial charge in [0, 0.05) is 0 Å². The first kappa shape index (κ1) is 18.1. The number of ether oxygens (including phenoxy) is 3. The lowest BCUT2D eigenvalue weighted by Crippen LogP contribution is -2.42. The summed E-state index contributed by atoms with van der Waals surface area (Å²) in [5, 5.41) is 0. The molecule has 0 unspecified atom stereocenters. The Balaban J connectivity index is 1.84. The molecule has 7 nitrogen and oxygen atoms in total. The van der Waals surface area contributed by atoms with Gasteiger partial charge in [0.25, 0.3) is 5.91 Å². The van der Waals surface area contributed by atoms with E-state index in [1.807, 2.05) is 30.3 Å². The monoisotopic (exact) mass is 344 g/mol. The van der Waals surface area contributed by atoms with Crippen molar-refractivity contribution in [3.8, 4) is 11.5 Å². The van der Waals surface area contributed by atoms with Gasteiger partial charge < -0.3 is 14.2 Å². The number of amides is 2. The summed E-state index contributed by atoms with van der Waals surface area (Å²) in [6.45, 7) is 2.48. The van der Waals surface area contributed by atoms with Gasteiger partial charge >= 0.3 is 6.09 Å². The number of rotatable bonds is 7. The molecule has 132 valence electrons. The summed E-state index contributed by atoms with van der Waals surface area (Å²) in [7, 11) is 0. The van der Waals surface area contributed by atoms with E-state index in [9.17, 15) is 9.59 Å². The van der Waals surface area contributed by atoms with Crippen molar-refractivity contribution in [1.29, 1.82) is 0 Å². The number of para-hydroxylation sites is 2. The molecule has 0 aliphatic carbocycles. The first-order valence-electron chi connectivity index (χ1n) is 7.83. The molecule has 2 aromatic carbocycles. The molecule has 2 aromatic rings. The highest BCUT2D eigenvalue weighted by molar-refractivity contribution is 5.97. The van der Waals surface area contributed by atoms with Crippen molar-refractivity contribution in [3.05, 3.63) is 60.2 Å². The van der Waals surface area contributed by atoms with Gasteiger partial charge in [-0.1, -0.05) is 30.3 Å². The minimum absolute atomic E-state index is 0.211. The molecule has 0 saturated heterocycles. The summed E-state index contributed by atoms with van der Waals surface area (Å²) in [6, 6.07) is 16.1. The number of hydrogen-bond donors (Lipinski definition) is 2. The standard InChI is InChI=1S/C18H20N2O5/c1-2-23-18(22)20-19-17(21)15-10-6-7-11-16(15)25-13-12-24-14-8-4-3-5-9-14/h3-11H,2,12-13H2,1H3,(H,19,21)(H,20,22). The van der Waals surface area contributed by atoms with Crippen molar-refractivity contribution in [1.82, 2.24) is 10.9 Å². The summed E-state index contributed by atoms with van der Waals surface area (Å²) in [5.41, 5.74) is 4.71. The van der Waals surface area contributed by atoms with Gasteiger partial charge in [0.05, 0.1) is 12.2 Å². The van der Waals surface area contributed by atoms with E-state index in [0.29, 0.717) is 17.9 Å². The maximum absolute atomic E-state index is 12.1. The molecule has 25 heavy (non-hydrogen) atoms. The van der Waals surface area contributed by atoms with Crippen LogP contribution < -0.4 is 20.3 Å². The molecule has 0 heterocycles. The zero-order chi connectivity index (χ0) is 17.9. The Morgan fingerprint density at radius 3 is 2.32 bits per heavy atom. The van der Waals surface area contributed by atoms with Crippen molar-refractivity contribution in [3.63, 3.8) is 0 Å². The van der Waals surface area contributed by atoms with Crippen molar-refractivity contribution in [2.45, 2.75) is 6.92 Å². The molecule has 0 fully saturated rings. The zero-order valence-electron chi connectivity index (χ0n) is 13.9. The molecule has 0 aliphatic heterocycles. The van der Waals surface area contributed by atoms with E-state index in [2.05, 4.69) is 15.6 Å². The van der Waals surface area contributed by atoms with Gasteiger partial charge in [0.15, 0.2) is 0 Å². The van der Waals surface area contributed by atoms with Crippen LogP contribution in [0.25, 0.3) is 0 Å². The highest BCUT2D eigenvalue weighted by Crippen LogP contribution is 2.17. The van der Waals surface area contributed by atoms with Crippen molar-refractivity contribution < 1.29 is 23.8 Å². The van der Waals surface area contributed by atoms with Crippen molar-refractivity contribution in [2.75, 3.05) is 19.8 Å². The Labute approximate surface area is 145 Å². The summed E-state index contributed by atoms with van der Waals surface area (Å²) in [5.74, 6) is 0.630. The van der Waals surface area contributed by atoms with Crippen LogP contribution in [0, 0.1) is 0 Å². The first-order chi connectivity index (χ1) is 12.2. The van der Waals surface area contributed by atoms with E-state index in [0.717, 1.165) is 5.75 Å². The Morgan fingerprint density at radius 1 is 0.880 bits per heavy atom. The molecule has 0 aliphatic rings. The molecule has 2 amide bonds. The van der Waals surface area contributed by atoms with E-state index in [1.54, 1.807) is 31.2 Å². The fraction of sp³-hybridized carbons (Fsp3) is 0.222. The smallest absolute Gasteiger partial charge is 0.426 e. The molecule has 0 aromatic heterocycles. The summed E-state index contributed by atoms with van der Waals surface area (Å²) < 4.78 is 15.8. The lowest BCUT2D eigenvalue weighted by atomic mass is 10.2. The number of benzene rings is 2. The highest BCUT2D eigenvalue weighted by atomic mass is 16.6. The van der Waals surface area contributed by atoms with Gasteiger partial charge in [-0.25, -0.2) is 10.2 Å². The average Bonchev–Trinajstić information content (AvgIpc) is 2.65. The Kier molecular flexibility index (Phi) is 7.12. The van der Waals surface area contributed by atoms with Gasteiger partial charge in [0.1, 0.15) is 24.7 Å². The van der Waals surface area contributed by atoms with Crippen LogP contribution in [-0.2, 0) is 4.74 Å². The predicted octanol–water partition coefficient (Wildman–Crippen LogP) is 2.54. The van der Waals surface area contributed by atoms with Crippen molar-refractivity contribution >= 4 is 12.0 Å². The highest BCUT2D eigenvalue weighted by Gasteiger charge is 2.13. The number of hydrazine groups is 1. The maximum Gasteiger partial charge on any atom is 0.426 e. The minimum atomic E-state index is -0.731. The van der Waals surface area contributed by atoms with Gasteiger partial charge in [-0.3, -0.25) is 10.2 Å². The molecule has 0 saturated carbocycles. The van der Waals surface area contributed by atoms with Crippen molar-refractivity contribution in [2.24, 2.45) is 0 Å². The van der Waals surface area contributed by atoms with Crippen LogP contribution >= 0.6 is 0 Å². The lowest BCUT2D eigenvalue weighted by molar-refractivity contribution is 0.0907. The van der Waals surface area contributed by atoms with E-state index >= 15 is 0 Å². The maximum atomic E-state index is 12.1. The summed E-state index contributed by atoms with van der Waals surface area (Å²) in [6.07, 6.45) is -0.731. The van der Waals surface area contributed by atoms with E-state index in [4.69, 9.17) is 9.47 Å². The van der Waals surface area contributed by atoms with E-state index in [1.165, 1.54) is 0 Å². The second-order valence-electron chi connectivity index (χ2n) is 4.81. The fourth-order valence-electron chi connectivity index (χ4n) is 1.95. The molecule has 0 radical (unpaired) electrons. The van der Waals surface area contributed by atoms with Gasteiger partial charge in [-0.2, -0.15) is 0 Å². The SMILES string of the molecule is CCOC(=O)NNC(=O)c1ccccc1OCCOc1ccccc1. The predicted molar refractivity (Wildman–Crippen MR) is 91.5 cm³/mol. The van der Waals surface area contributed by atoms with Gasteiger partial charge in [-0.15, -0.1) is 0 Å². The normalized spacial score (nSPS) is 9.80. The number of hydrogen-bond acceptors (Lipinski definition) is 5. The third kappa shape index (κ3) is 6.06. The molecular formula is C18H20N2O5. The Hall–Kier alpha value is -3.22. The number of nitrogens with one attached hydrogen (secondary N) is 2. The fourth-order valence-corrected chi connectivity index (χ4v) is 1.95. The third-order valence-corrected chi connectivity index (χ3v) is 3.04. The van der Waals surface area contributed by atoms with Crippen LogP contribution in [-0.4, -0.2) is 31.8 Å². The summed E-state index contributed by atoms with van der Waals surface area (Å²) in [4.78, 5) is 23.3. The molecular weight excluding hydrogens is 324 g/mol. The molecule has 0 bridgehead atoms. The topological polar surface area (TPSA) is 85.9 Å². The summed E-state index contributed by atoms with van der Waals surface area (Å²) >= 11 is 0. The lowest BCUT2D eigenvalue weighted by Gasteiger charge is -2.12. The van der Waals surface area contributed by atoms with Gasteiger partial charge in [-0.05, 0) is 31.2 Å². The number of carbonyl (C=O) groups is 2. The largest absolute Gasteiger partial charge is 0.490 e. The third-order valence-electron chi connectivity index (χ3n) is 3.04. The first-order valence-corrected chi connectivity index (χ1v) is 7.83. The van der Waals surface area contributed by atoms with Crippen LogP contribution in [0.2, 0.25) is 0 Å². The van der Waals surface area contributed by atoms with Crippen LogP contribution in [0.5, 0.6) is 11.5 Å². The van der Waals surface area contributed by atoms with Crippen LogP contribution in [0.3, 0.4) is 0 Å². The average molecular weight is 344 g/mol. The second-order valence-corrected chi connectivity index (χ2v) is 4.81. The molecule has 2 N–H and O–H groups in total. The molecule has 2 rings (SSSR count). The quantitative estimate of drug-likeness (QED) is 0.595. The van der Waals surface area contributed by atoms with Crippen LogP contribution in [0.1, 0.15) is 17.3 Å². The van der Waals surface area contributed by atoms with Gasteiger partial charge in [0.2, 0.25) is 0 Å². The second kappa shape index (κ2) is 9.82. The molecule has 7 heteroatoms. The Morgan fingerprint density at radius 2 is 1.56 bits per heavy atom. The zero-order valence-corrected chi connectivity index (χ0v) is 13.9. The minimum Gasteiger partial charge on any atom is -0.490 e. The molecule has 0 atom stereocenters. The number of carbonyl (C=O) groups excluding carboxylic acids is 2. The van der Waals surface area contributed by atoms with E-state index in [-0.39, 0.29) is 13.2 Å². The Bertz CT molecular complexity index is 691. The van der Waals surface area contributed by atoms with E-state index < -0.39 is 12.0 Å². The van der Waals surface area contributed by atoms with Crippen LogP contribution in [0.4, 0.5) is 4.79 Å².